The standard InChI is InChI=1S/C13H15N/c1-11(2)12-8-9-14(10-12)13-6-4-3-5-7-13/h3-11H,1-2H3. The van der Waals surface area contributed by atoms with Crippen molar-refractivity contribution in [2.24, 2.45) is 0 Å². The Morgan fingerprint density at radius 3 is 2.29 bits per heavy atom. The molecule has 72 valence electrons. The Labute approximate surface area is 85.0 Å². The van der Waals surface area contributed by atoms with Gasteiger partial charge in [0.05, 0.1) is 0 Å². The molecule has 1 aromatic heterocycles. The largest absolute Gasteiger partial charge is 0.324 e. The molecule has 0 unspecified atom stereocenters. The molecule has 1 aromatic carbocycles. The summed E-state index contributed by atoms with van der Waals surface area (Å²) in [4.78, 5) is 0. The molecule has 0 amide bonds. The van der Waals surface area contributed by atoms with Crippen LogP contribution in [0.25, 0.3) is 5.69 Å². The van der Waals surface area contributed by atoms with Crippen LogP contribution in [0.1, 0.15) is 25.3 Å². The minimum absolute atomic E-state index is 0.597. The van der Waals surface area contributed by atoms with Crippen LogP contribution in [0.5, 0.6) is 0 Å². The van der Waals surface area contributed by atoms with Gasteiger partial charge in [0, 0.05) is 18.1 Å². The van der Waals surface area contributed by atoms with Gasteiger partial charge in [-0.05, 0) is 29.7 Å². The molecule has 2 aromatic rings. The van der Waals surface area contributed by atoms with Crippen LogP contribution in [-0.4, -0.2) is 4.57 Å². The first kappa shape index (κ1) is 9.07. The predicted octanol–water partition coefficient (Wildman–Crippen LogP) is 3.60. The Balaban J connectivity index is 2.34. The SMILES string of the molecule is CC(C)c1ccn(-c2ccccc2)c1. The zero-order valence-electron chi connectivity index (χ0n) is 8.64. The number of hydrogen-bond donors (Lipinski definition) is 0. The van der Waals surface area contributed by atoms with E-state index in [0.717, 1.165) is 0 Å². The van der Waals surface area contributed by atoms with Crippen molar-refractivity contribution < 1.29 is 0 Å². The van der Waals surface area contributed by atoms with E-state index < -0.39 is 0 Å². The Morgan fingerprint density at radius 2 is 1.71 bits per heavy atom. The normalized spacial score (nSPS) is 10.8. The number of nitrogens with zero attached hydrogens (tertiary/aromatic N) is 1. The Bertz CT molecular complexity index is 398. The van der Waals surface area contributed by atoms with E-state index in [4.69, 9.17) is 0 Å². The lowest BCUT2D eigenvalue weighted by Gasteiger charge is -2.02. The van der Waals surface area contributed by atoms with E-state index in [-0.39, 0.29) is 0 Å². The van der Waals surface area contributed by atoms with Crippen molar-refractivity contribution >= 4 is 0 Å². The van der Waals surface area contributed by atoms with Gasteiger partial charge >= 0.3 is 0 Å². The molecular formula is C13H15N. The monoisotopic (exact) mass is 185 g/mol. The van der Waals surface area contributed by atoms with Crippen molar-refractivity contribution in [3.05, 3.63) is 54.4 Å². The van der Waals surface area contributed by atoms with Crippen LogP contribution < -0.4 is 0 Å². The van der Waals surface area contributed by atoms with Crippen LogP contribution in [0, 0.1) is 0 Å². The molecule has 0 aliphatic rings. The summed E-state index contributed by atoms with van der Waals surface area (Å²) in [6.07, 6.45) is 4.31. The summed E-state index contributed by atoms with van der Waals surface area (Å²) in [6.45, 7) is 4.43. The maximum absolute atomic E-state index is 2.21. The highest BCUT2D eigenvalue weighted by atomic mass is 14.9. The van der Waals surface area contributed by atoms with E-state index in [1.54, 1.807) is 0 Å². The molecule has 0 N–H and O–H groups in total. The van der Waals surface area contributed by atoms with Crippen LogP contribution in [0.3, 0.4) is 0 Å². The zero-order chi connectivity index (χ0) is 9.97. The fraction of sp³-hybridized carbons (Fsp3) is 0.231. The topological polar surface area (TPSA) is 4.93 Å². The number of rotatable bonds is 2. The summed E-state index contributed by atoms with van der Waals surface area (Å²) in [5.74, 6) is 0.597. The van der Waals surface area contributed by atoms with Crippen LogP contribution >= 0.6 is 0 Å². The summed E-state index contributed by atoms with van der Waals surface area (Å²) in [5.41, 5.74) is 2.60. The van der Waals surface area contributed by atoms with Crippen LogP contribution in [0.2, 0.25) is 0 Å². The molecule has 0 saturated heterocycles. The third-order valence-corrected chi connectivity index (χ3v) is 2.44. The minimum Gasteiger partial charge on any atom is -0.324 e. The highest BCUT2D eigenvalue weighted by Gasteiger charge is 2.01. The third-order valence-electron chi connectivity index (χ3n) is 2.44. The molecule has 0 aliphatic heterocycles. The van der Waals surface area contributed by atoms with Gasteiger partial charge in [-0.3, -0.25) is 0 Å². The van der Waals surface area contributed by atoms with Gasteiger partial charge in [-0.1, -0.05) is 32.0 Å². The van der Waals surface area contributed by atoms with E-state index in [1.165, 1.54) is 11.3 Å². The molecular weight excluding hydrogens is 170 g/mol. The van der Waals surface area contributed by atoms with Crippen molar-refractivity contribution in [3.63, 3.8) is 0 Å². The lowest BCUT2D eigenvalue weighted by atomic mass is 10.1. The minimum atomic E-state index is 0.597. The first-order valence-electron chi connectivity index (χ1n) is 5.00. The molecule has 1 nitrogen and oxygen atoms in total. The van der Waals surface area contributed by atoms with E-state index in [2.05, 4.69) is 61.1 Å². The molecule has 14 heavy (non-hydrogen) atoms. The fourth-order valence-electron chi connectivity index (χ4n) is 1.52. The van der Waals surface area contributed by atoms with Gasteiger partial charge in [0.2, 0.25) is 0 Å². The molecule has 0 spiro atoms. The summed E-state index contributed by atoms with van der Waals surface area (Å²) in [5, 5.41) is 0. The van der Waals surface area contributed by atoms with Gasteiger partial charge in [-0.2, -0.15) is 0 Å². The molecule has 0 aliphatic carbocycles. The summed E-state index contributed by atoms with van der Waals surface area (Å²) in [7, 11) is 0. The average Bonchev–Trinajstić information content (AvgIpc) is 2.68. The van der Waals surface area contributed by atoms with Gasteiger partial charge < -0.3 is 4.57 Å². The van der Waals surface area contributed by atoms with Gasteiger partial charge in [0.1, 0.15) is 0 Å². The first-order chi connectivity index (χ1) is 6.77. The summed E-state index contributed by atoms with van der Waals surface area (Å²) < 4.78 is 2.16. The van der Waals surface area contributed by atoms with Crippen LogP contribution in [-0.2, 0) is 0 Å². The smallest absolute Gasteiger partial charge is 0.0449 e. The lowest BCUT2D eigenvalue weighted by molar-refractivity contribution is 0.863. The first-order valence-corrected chi connectivity index (χ1v) is 5.00. The molecule has 0 bridgehead atoms. The molecule has 1 heterocycles. The quantitative estimate of drug-likeness (QED) is 0.673. The van der Waals surface area contributed by atoms with Crippen molar-refractivity contribution in [2.75, 3.05) is 0 Å². The van der Waals surface area contributed by atoms with Gasteiger partial charge in [0.25, 0.3) is 0 Å². The second kappa shape index (κ2) is 3.70. The molecule has 0 atom stereocenters. The molecule has 2 rings (SSSR count). The maximum Gasteiger partial charge on any atom is 0.0449 e. The summed E-state index contributed by atoms with van der Waals surface area (Å²) >= 11 is 0. The van der Waals surface area contributed by atoms with Crippen LogP contribution in [0.15, 0.2) is 48.8 Å². The Kier molecular flexibility index (Phi) is 2.40. The van der Waals surface area contributed by atoms with Crippen molar-refractivity contribution in [1.82, 2.24) is 4.57 Å². The molecule has 0 fully saturated rings. The van der Waals surface area contributed by atoms with Crippen LogP contribution in [0.4, 0.5) is 0 Å². The highest BCUT2D eigenvalue weighted by molar-refractivity contribution is 5.33. The predicted molar refractivity (Wildman–Crippen MR) is 59.9 cm³/mol. The number of hydrogen-bond acceptors (Lipinski definition) is 0. The van der Waals surface area contributed by atoms with Crippen molar-refractivity contribution in [3.8, 4) is 5.69 Å². The van der Waals surface area contributed by atoms with E-state index in [9.17, 15) is 0 Å². The average molecular weight is 185 g/mol. The maximum atomic E-state index is 2.21. The number of para-hydroxylation sites is 1. The Hall–Kier alpha value is -1.50. The highest BCUT2D eigenvalue weighted by Crippen LogP contribution is 2.17. The number of aromatic nitrogens is 1. The molecule has 1 heteroatoms. The second-order valence-electron chi connectivity index (χ2n) is 3.84. The lowest BCUT2D eigenvalue weighted by Crippen LogP contribution is -1.89. The molecule has 0 saturated carbocycles. The zero-order valence-corrected chi connectivity index (χ0v) is 8.64. The van der Waals surface area contributed by atoms with Gasteiger partial charge in [-0.15, -0.1) is 0 Å². The van der Waals surface area contributed by atoms with Gasteiger partial charge in [-0.25, -0.2) is 0 Å². The summed E-state index contributed by atoms with van der Waals surface area (Å²) in [6, 6.07) is 12.6. The van der Waals surface area contributed by atoms with E-state index >= 15 is 0 Å². The third kappa shape index (κ3) is 1.72. The van der Waals surface area contributed by atoms with Gasteiger partial charge in [0.15, 0.2) is 0 Å². The molecule has 0 radical (unpaired) electrons. The second-order valence-corrected chi connectivity index (χ2v) is 3.84. The van der Waals surface area contributed by atoms with Crippen molar-refractivity contribution in [2.45, 2.75) is 19.8 Å². The van der Waals surface area contributed by atoms with Crippen molar-refractivity contribution in [1.29, 1.82) is 0 Å². The van der Waals surface area contributed by atoms with E-state index in [0.29, 0.717) is 5.92 Å². The van der Waals surface area contributed by atoms with E-state index in [1.807, 2.05) is 6.07 Å². The number of benzene rings is 1. The Morgan fingerprint density at radius 1 is 1.00 bits per heavy atom. The fourth-order valence-corrected chi connectivity index (χ4v) is 1.52.